The molecular weight excluding hydrogens is 312 g/mol. The number of halogens is 3. The molecule has 0 spiro atoms. The summed E-state index contributed by atoms with van der Waals surface area (Å²) in [5.74, 6) is -1.63. The topological polar surface area (TPSA) is 4.93 Å². The van der Waals surface area contributed by atoms with Crippen molar-refractivity contribution in [1.29, 1.82) is 0 Å². The van der Waals surface area contributed by atoms with E-state index in [0.29, 0.717) is 6.54 Å². The van der Waals surface area contributed by atoms with Crippen molar-refractivity contribution in [2.24, 2.45) is 0 Å². The third kappa shape index (κ3) is 2.28. The Kier molecular flexibility index (Phi) is 3.11. The molecule has 0 radical (unpaired) electrons. The van der Waals surface area contributed by atoms with E-state index in [1.807, 2.05) is 35.0 Å². The summed E-state index contributed by atoms with van der Waals surface area (Å²) >= 11 is 3.49. The minimum atomic E-state index is -0.816. The van der Waals surface area contributed by atoms with E-state index in [9.17, 15) is 8.78 Å². The van der Waals surface area contributed by atoms with Crippen LogP contribution in [-0.2, 0) is 6.54 Å². The molecule has 0 fully saturated rings. The summed E-state index contributed by atoms with van der Waals surface area (Å²) in [6, 6.07) is 11.9. The molecule has 3 aromatic rings. The van der Waals surface area contributed by atoms with Gasteiger partial charge in [0.25, 0.3) is 0 Å². The van der Waals surface area contributed by atoms with E-state index in [4.69, 9.17) is 0 Å². The lowest BCUT2D eigenvalue weighted by molar-refractivity contribution is 0.506. The summed E-state index contributed by atoms with van der Waals surface area (Å²) < 4.78 is 29.1. The number of hydrogen-bond acceptors (Lipinski definition) is 0. The lowest BCUT2D eigenvalue weighted by Gasteiger charge is -2.06. The Morgan fingerprint density at radius 3 is 2.63 bits per heavy atom. The second kappa shape index (κ2) is 4.78. The highest BCUT2D eigenvalue weighted by molar-refractivity contribution is 9.10. The van der Waals surface area contributed by atoms with E-state index in [1.165, 1.54) is 6.07 Å². The molecule has 2 aromatic carbocycles. The Bertz CT molecular complexity index is 749. The van der Waals surface area contributed by atoms with Crippen LogP contribution >= 0.6 is 15.9 Å². The molecule has 0 N–H and O–H groups in total. The Labute approximate surface area is 117 Å². The number of benzene rings is 2. The van der Waals surface area contributed by atoms with E-state index in [0.717, 1.165) is 27.0 Å². The highest BCUT2D eigenvalue weighted by Crippen LogP contribution is 2.25. The van der Waals surface area contributed by atoms with Gasteiger partial charge in [0.15, 0.2) is 11.6 Å². The van der Waals surface area contributed by atoms with Gasteiger partial charge < -0.3 is 4.57 Å². The maximum Gasteiger partial charge on any atom is 0.159 e. The molecule has 0 aliphatic heterocycles. The van der Waals surface area contributed by atoms with Crippen LogP contribution in [0, 0.1) is 11.6 Å². The molecule has 0 saturated heterocycles. The fourth-order valence-corrected chi connectivity index (χ4v) is 2.65. The van der Waals surface area contributed by atoms with Crippen LogP contribution in [0.15, 0.2) is 53.1 Å². The van der Waals surface area contributed by atoms with Crippen LogP contribution in [0.25, 0.3) is 10.9 Å². The maximum absolute atomic E-state index is 13.2. The van der Waals surface area contributed by atoms with Gasteiger partial charge in [0, 0.05) is 28.1 Å². The van der Waals surface area contributed by atoms with Gasteiger partial charge in [0.2, 0.25) is 0 Å². The SMILES string of the molecule is Fc1ccc(Cn2ccc3c(Br)cccc32)cc1F. The van der Waals surface area contributed by atoms with Crippen molar-refractivity contribution >= 4 is 26.8 Å². The van der Waals surface area contributed by atoms with Crippen LogP contribution in [0.4, 0.5) is 8.78 Å². The third-order valence-corrected chi connectivity index (χ3v) is 3.79. The summed E-state index contributed by atoms with van der Waals surface area (Å²) in [5.41, 5.74) is 1.79. The van der Waals surface area contributed by atoms with Gasteiger partial charge in [-0.1, -0.05) is 28.1 Å². The average Bonchev–Trinajstić information content (AvgIpc) is 2.79. The molecule has 1 nitrogen and oxygen atoms in total. The summed E-state index contributed by atoms with van der Waals surface area (Å²) in [5, 5.41) is 1.10. The molecule has 0 saturated carbocycles. The molecule has 96 valence electrons. The number of rotatable bonds is 2. The monoisotopic (exact) mass is 321 g/mol. The second-order valence-electron chi connectivity index (χ2n) is 4.36. The molecule has 0 atom stereocenters. The van der Waals surface area contributed by atoms with Gasteiger partial charge in [-0.2, -0.15) is 0 Å². The fraction of sp³-hybridized carbons (Fsp3) is 0.0667. The van der Waals surface area contributed by atoms with Crippen molar-refractivity contribution in [3.63, 3.8) is 0 Å². The van der Waals surface area contributed by atoms with E-state index in [-0.39, 0.29) is 0 Å². The van der Waals surface area contributed by atoms with Crippen LogP contribution < -0.4 is 0 Å². The molecule has 3 rings (SSSR count). The third-order valence-electron chi connectivity index (χ3n) is 3.10. The zero-order valence-corrected chi connectivity index (χ0v) is 11.5. The van der Waals surface area contributed by atoms with E-state index >= 15 is 0 Å². The number of nitrogens with zero attached hydrogens (tertiary/aromatic N) is 1. The molecule has 0 aliphatic carbocycles. The van der Waals surface area contributed by atoms with Crippen LogP contribution in [0.1, 0.15) is 5.56 Å². The van der Waals surface area contributed by atoms with Gasteiger partial charge in [0.1, 0.15) is 0 Å². The van der Waals surface area contributed by atoms with E-state index in [2.05, 4.69) is 15.9 Å². The minimum absolute atomic E-state index is 0.511. The molecule has 0 unspecified atom stereocenters. The summed E-state index contributed by atoms with van der Waals surface area (Å²) in [4.78, 5) is 0. The molecule has 19 heavy (non-hydrogen) atoms. The van der Waals surface area contributed by atoms with Crippen LogP contribution in [0.5, 0.6) is 0 Å². The predicted molar refractivity (Wildman–Crippen MR) is 75.1 cm³/mol. The van der Waals surface area contributed by atoms with Crippen molar-refractivity contribution in [1.82, 2.24) is 4.57 Å². The predicted octanol–water partition coefficient (Wildman–Crippen LogP) is 4.73. The average molecular weight is 322 g/mol. The first kappa shape index (κ1) is 12.4. The van der Waals surface area contributed by atoms with Crippen LogP contribution in [-0.4, -0.2) is 4.57 Å². The molecular formula is C15H10BrF2N. The molecule has 4 heteroatoms. The Balaban J connectivity index is 2.01. The van der Waals surface area contributed by atoms with Gasteiger partial charge in [-0.25, -0.2) is 8.78 Å². The second-order valence-corrected chi connectivity index (χ2v) is 5.22. The number of fused-ring (bicyclic) bond motifs is 1. The quantitative estimate of drug-likeness (QED) is 0.643. The molecule has 0 aliphatic rings. The Morgan fingerprint density at radius 2 is 1.84 bits per heavy atom. The molecule has 0 amide bonds. The molecule has 1 aromatic heterocycles. The van der Waals surface area contributed by atoms with Gasteiger partial charge in [-0.3, -0.25) is 0 Å². The van der Waals surface area contributed by atoms with Gasteiger partial charge in [0.05, 0.1) is 0 Å². The van der Waals surface area contributed by atoms with Crippen molar-refractivity contribution in [3.05, 3.63) is 70.3 Å². The summed E-state index contributed by atoms with van der Waals surface area (Å²) in [7, 11) is 0. The standard InChI is InChI=1S/C15H10BrF2N/c16-12-2-1-3-15-11(12)6-7-19(15)9-10-4-5-13(17)14(18)8-10/h1-8H,9H2. The highest BCUT2D eigenvalue weighted by Gasteiger charge is 2.06. The smallest absolute Gasteiger partial charge is 0.159 e. The first-order valence-corrected chi connectivity index (χ1v) is 6.62. The van der Waals surface area contributed by atoms with Crippen molar-refractivity contribution in [2.75, 3.05) is 0 Å². The van der Waals surface area contributed by atoms with E-state index in [1.54, 1.807) is 6.07 Å². The van der Waals surface area contributed by atoms with E-state index < -0.39 is 11.6 Å². The number of hydrogen-bond donors (Lipinski definition) is 0. The fourth-order valence-electron chi connectivity index (χ4n) is 2.16. The minimum Gasteiger partial charge on any atom is -0.343 e. The highest BCUT2D eigenvalue weighted by atomic mass is 79.9. The maximum atomic E-state index is 13.2. The summed E-state index contributed by atoms with van der Waals surface area (Å²) in [6.45, 7) is 0.511. The Morgan fingerprint density at radius 1 is 1.00 bits per heavy atom. The first-order chi connectivity index (χ1) is 9.15. The molecule has 1 heterocycles. The lowest BCUT2D eigenvalue weighted by atomic mass is 10.2. The first-order valence-electron chi connectivity index (χ1n) is 5.82. The largest absolute Gasteiger partial charge is 0.343 e. The zero-order chi connectivity index (χ0) is 13.4. The van der Waals surface area contributed by atoms with Crippen LogP contribution in [0.3, 0.4) is 0 Å². The van der Waals surface area contributed by atoms with Crippen LogP contribution in [0.2, 0.25) is 0 Å². The van der Waals surface area contributed by atoms with Gasteiger partial charge in [-0.15, -0.1) is 0 Å². The van der Waals surface area contributed by atoms with Crippen molar-refractivity contribution in [3.8, 4) is 0 Å². The van der Waals surface area contributed by atoms with Gasteiger partial charge >= 0.3 is 0 Å². The zero-order valence-electron chi connectivity index (χ0n) is 9.91. The van der Waals surface area contributed by atoms with Crippen molar-refractivity contribution in [2.45, 2.75) is 6.54 Å². The summed E-state index contributed by atoms with van der Waals surface area (Å²) in [6.07, 6.45) is 1.94. The van der Waals surface area contributed by atoms with Crippen molar-refractivity contribution < 1.29 is 8.78 Å². The van der Waals surface area contributed by atoms with Gasteiger partial charge in [-0.05, 0) is 35.9 Å². The normalized spacial score (nSPS) is 11.1. The lowest BCUT2D eigenvalue weighted by Crippen LogP contribution is -1.99. The number of aromatic nitrogens is 1. The Hall–Kier alpha value is -1.68. The molecule has 0 bridgehead atoms.